The number of amides is 2. The number of anilines is 4. The van der Waals surface area contributed by atoms with Gasteiger partial charge < -0.3 is 66.9 Å². The molecule has 30 nitrogen and oxygen atoms in total. The SMILES string of the molecule is COc1ccc2oc(-c3nc4cc(C#N)ccn4c3N(CCN(C)C)C(=O)OC(C)(C)C)cc2c1.COc1ccc2oc(-c3nc4cc(C#N)ccn4c3N)cc2c1.COc1ccc2oc(-c3nc4cc(C#N)ccn4c3NC(=O)OC(C)(C)C)cc2c1.COc1ccc2oc(-c3nc4cc(C#N)ccn4c3NCCN(C)C)cc2c1. The Bertz CT molecular complexity index is 6560. The normalized spacial score (nSPS) is 11.4. The van der Waals surface area contributed by atoms with E-state index in [0.29, 0.717) is 144 Å². The number of nitriles is 4. The van der Waals surface area contributed by atoms with E-state index in [0.717, 1.165) is 63.1 Å². The number of hydrogen-bond donors (Lipinski definition) is 3. The van der Waals surface area contributed by atoms with Crippen molar-refractivity contribution in [3.8, 4) is 93.1 Å². The van der Waals surface area contributed by atoms with Crippen molar-refractivity contribution < 1.29 is 55.7 Å². The third-order valence-corrected chi connectivity index (χ3v) is 18.0. The number of carbonyl (C=O) groups excluding carboxylic acids is 2. The summed E-state index contributed by atoms with van der Waals surface area (Å²) in [6.45, 7) is 13.4. The van der Waals surface area contributed by atoms with Gasteiger partial charge in [0, 0.05) is 72.5 Å². The zero-order chi connectivity index (χ0) is 82.4. The lowest BCUT2D eigenvalue weighted by Crippen LogP contribution is -2.41. The average molecular weight is 1560 g/mol. The second-order valence-corrected chi connectivity index (χ2v) is 29.1. The van der Waals surface area contributed by atoms with E-state index in [1.54, 1.807) is 141 Å². The second kappa shape index (κ2) is 33.1. The highest BCUT2D eigenvalue weighted by Gasteiger charge is 2.32. The number of nitrogens with one attached hydrogen (secondary N) is 2. The van der Waals surface area contributed by atoms with E-state index in [4.69, 9.17) is 67.1 Å². The Kier molecular flexibility index (Phi) is 22.6. The number of benzene rings is 4. The van der Waals surface area contributed by atoms with Crippen molar-refractivity contribution in [3.05, 3.63) is 193 Å². The molecule has 0 unspecified atom stereocenters. The number of furan rings is 4. The first-order chi connectivity index (χ1) is 55.6. The van der Waals surface area contributed by atoms with Crippen LogP contribution in [0.25, 0.3) is 112 Å². The number of imidazole rings is 4. The van der Waals surface area contributed by atoms with Crippen LogP contribution in [0, 0.1) is 45.3 Å². The molecule has 0 bridgehead atoms. The van der Waals surface area contributed by atoms with Gasteiger partial charge in [-0.3, -0.25) is 27.8 Å². The lowest BCUT2D eigenvalue weighted by atomic mass is 10.2. The molecule has 0 aliphatic rings. The molecule has 12 aromatic heterocycles. The molecule has 4 N–H and O–H groups in total. The van der Waals surface area contributed by atoms with Crippen molar-refractivity contribution in [1.82, 2.24) is 47.3 Å². The molecule has 30 heteroatoms. The molecule has 2 amide bonds. The Morgan fingerprint density at radius 2 is 0.776 bits per heavy atom. The van der Waals surface area contributed by atoms with Crippen LogP contribution in [0.1, 0.15) is 63.8 Å². The fourth-order valence-corrected chi connectivity index (χ4v) is 12.5. The van der Waals surface area contributed by atoms with Gasteiger partial charge in [0.1, 0.15) is 114 Å². The van der Waals surface area contributed by atoms with Crippen molar-refractivity contribution in [3.63, 3.8) is 0 Å². The lowest BCUT2D eigenvalue weighted by Gasteiger charge is -2.28. The molecular formula is C86H82N18O12. The van der Waals surface area contributed by atoms with Crippen molar-refractivity contribution in [2.24, 2.45) is 0 Å². The fourth-order valence-electron chi connectivity index (χ4n) is 12.5. The Morgan fingerprint density at radius 3 is 1.17 bits per heavy atom. The summed E-state index contributed by atoms with van der Waals surface area (Å²) in [7, 11) is 14.4. The Morgan fingerprint density at radius 1 is 0.431 bits per heavy atom. The van der Waals surface area contributed by atoms with Crippen molar-refractivity contribution >= 4 is 102 Å². The summed E-state index contributed by atoms with van der Waals surface area (Å²) in [6.07, 6.45) is 5.87. The summed E-state index contributed by atoms with van der Waals surface area (Å²) < 4.78 is 63.4. The van der Waals surface area contributed by atoms with E-state index in [9.17, 15) is 25.4 Å². The van der Waals surface area contributed by atoms with Crippen molar-refractivity contribution in [1.29, 1.82) is 21.0 Å². The molecule has 0 fully saturated rings. The highest BCUT2D eigenvalue weighted by molar-refractivity contribution is 5.96. The fraction of sp³-hybridized carbons (Fsp3) is 0.233. The minimum absolute atomic E-state index is 0.358. The molecule has 0 radical (unpaired) electrons. The maximum Gasteiger partial charge on any atom is 0.416 e. The minimum atomic E-state index is -0.683. The molecule has 588 valence electrons. The first-order valence-corrected chi connectivity index (χ1v) is 36.4. The number of fused-ring (bicyclic) bond motifs is 8. The predicted molar refractivity (Wildman–Crippen MR) is 440 cm³/mol. The van der Waals surface area contributed by atoms with E-state index in [-0.39, 0.29) is 0 Å². The number of methoxy groups -OCH3 is 4. The number of nitrogens with two attached hydrogens (primary N) is 1. The van der Waals surface area contributed by atoms with Gasteiger partial charge in [-0.25, -0.2) is 29.5 Å². The van der Waals surface area contributed by atoms with Crippen LogP contribution in [0.15, 0.2) is 188 Å². The van der Waals surface area contributed by atoms with E-state index in [1.165, 1.54) is 0 Å². The summed E-state index contributed by atoms with van der Waals surface area (Å²) in [5.74, 6) is 7.34. The summed E-state index contributed by atoms with van der Waals surface area (Å²) in [6, 6.07) is 51.8. The molecule has 12 heterocycles. The molecule has 4 aromatic carbocycles. The molecule has 16 aromatic rings. The Hall–Kier alpha value is -15.0. The number of rotatable bonds is 17. The molecule has 16 rings (SSSR count). The van der Waals surface area contributed by atoms with Gasteiger partial charge in [0.25, 0.3) is 0 Å². The van der Waals surface area contributed by atoms with Gasteiger partial charge in [-0.1, -0.05) is 0 Å². The zero-order valence-corrected chi connectivity index (χ0v) is 66.2. The molecule has 0 spiro atoms. The third kappa shape index (κ3) is 17.4. The maximum absolute atomic E-state index is 13.4. The average Bonchev–Trinajstić information content (AvgIpc) is 1.61. The summed E-state index contributed by atoms with van der Waals surface area (Å²) >= 11 is 0. The van der Waals surface area contributed by atoms with Gasteiger partial charge in [-0.05, 0) is 215 Å². The number of pyridine rings is 4. The van der Waals surface area contributed by atoms with Crippen LogP contribution in [0.5, 0.6) is 23.0 Å². The van der Waals surface area contributed by atoms with Crippen LogP contribution >= 0.6 is 0 Å². The lowest BCUT2D eigenvalue weighted by molar-refractivity contribution is 0.0574. The molecule has 116 heavy (non-hydrogen) atoms. The summed E-state index contributed by atoms with van der Waals surface area (Å²) in [5, 5.41) is 46.5. The Balaban J connectivity index is 0.000000136. The highest BCUT2D eigenvalue weighted by Crippen LogP contribution is 2.41. The predicted octanol–water partition coefficient (Wildman–Crippen LogP) is 16.7. The minimum Gasteiger partial charge on any atom is -0.497 e. The summed E-state index contributed by atoms with van der Waals surface area (Å²) in [4.78, 5) is 50.1. The van der Waals surface area contributed by atoms with Gasteiger partial charge in [-0.15, -0.1) is 0 Å². The van der Waals surface area contributed by atoms with Gasteiger partial charge >= 0.3 is 12.2 Å². The number of nitrogens with zero attached hydrogens (tertiary/aromatic N) is 15. The molecule has 0 atom stereocenters. The first-order valence-electron chi connectivity index (χ1n) is 36.4. The van der Waals surface area contributed by atoms with E-state index in [1.807, 2.05) is 155 Å². The van der Waals surface area contributed by atoms with Gasteiger partial charge in [-0.2, -0.15) is 21.0 Å². The third-order valence-electron chi connectivity index (χ3n) is 18.0. The van der Waals surface area contributed by atoms with Crippen molar-refractivity contribution in [2.45, 2.75) is 52.7 Å². The van der Waals surface area contributed by atoms with E-state index < -0.39 is 23.4 Å². The number of aromatic nitrogens is 8. The van der Waals surface area contributed by atoms with Crippen molar-refractivity contribution in [2.75, 3.05) is 104 Å². The molecule has 0 saturated heterocycles. The quantitative estimate of drug-likeness (QED) is 0.0762. The standard InChI is InChI=1S/C26H29N5O4.C22H20N4O4.C21H21N5O2.C17H12N4O2/c1-26(2,3)35-25(32)31(12-11-29(4)5)24-23(28-22-13-17(16-27)9-10-30(22)24)21-15-18-14-19(33-6)7-8-20(18)34-21;1-22(2,3)30-21(27)25-20-19(24-18-9-13(12-23)7-8-26(18)20)17-11-14-10-15(28-4)5-6-16(14)29-17;1-25(2)9-7-23-21-20(24-19-10-14(13-22)6-8-26(19)21)18-12-15-11-16(27-3)4-5-17(15)28-18;1-22-12-2-3-13-11(7-12)8-14(23-13)16-17(19)21-5-4-10(9-18)6-15(21)20-16/h7-10,13-15H,11-12H2,1-6H3;5-11H,1-4H3,(H,25,27);4-6,8,10-12,23H,7,9H2,1-3H3;2-8H,19H2,1H3. The van der Waals surface area contributed by atoms with Crippen LogP contribution in [-0.4, -0.2) is 154 Å². The zero-order valence-electron chi connectivity index (χ0n) is 66.2. The highest BCUT2D eigenvalue weighted by atomic mass is 16.6. The first kappa shape index (κ1) is 79.1. The molecular weight excluding hydrogens is 1480 g/mol. The number of hydrogen-bond acceptors (Lipinski definition) is 24. The summed E-state index contributed by atoms with van der Waals surface area (Å²) in [5.41, 5.74) is 14.1. The monoisotopic (exact) mass is 1560 g/mol. The topological polar surface area (TPSA) is 366 Å². The molecule has 0 aliphatic heterocycles. The molecule has 0 saturated carbocycles. The smallest absolute Gasteiger partial charge is 0.416 e. The number of nitrogen functional groups attached to an aromatic ring is 1. The Labute approximate surface area is 665 Å². The van der Waals surface area contributed by atoms with Crippen LogP contribution < -0.4 is 40.2 Å². The van der Waals surface area contributed by atoms with Crippen LogP contribution in [-0.2, 0) is 9.47 Å². The number of likely N-dealkylation sites (N-methyl/N-ethyl adjacent to an activating group) is 2. The second-order valence-electron chi connectivity index (χ2n) is 29.1. The van der Waals surface area contributed by atoms with E-state index in [2.05, 4.69) is 49.8 Å². The largest absolute Gasteiger partial charge is 0.497 e. The van der Waals surface area contributed by atoms with Gasteiger partial charge in [0.05, 0.1) is 75.0 Å². The maximum atomic E-state index is 13.4. The number of carbonyl (C=O) groups is 2. The van der Waals surface area contributed by atoms with E-state index >= 15 is 0 Å². The van der Waals surface area contributed by atoms with Crippen LogP contribution in [0.4, 0.5) is 32.9 Å². The number of ether oxygens (including phenoxy) is 6. The molecule has 0 aliphatic carbocycles. The van der Waals surface area contributed by atoms with Gasteiger partial charge in [0.2, 0.25) is 0 Å². The van der Waals surface area contributed by atoms with Crippen LogP contribution in [0.2, 0.25) is 0 Å². The van der Waals surface area contributed by atoms with Gasteiger partial charge in [0.15, 0.2) is 34.7 Å². The van der Waals surface area contributed by atoms with Crippen LogP contribution in [0.3, 0.4) is 0 Å².